The van der Waals surface area contributed by atoms with Crippen LogP contribution in [0.5, 0.6) is 5.75 Å². The molecule has 1 aromatic rings. The first-order chi connectivity index (χ1) is 8.06. The van der Waals surface area contributed by atoms with Crippen LogP contribution in [-0.2, 0) is 0 Å². The SMILES string of the molecule is CC(C)(C)COc1ccccc1[Si]1C=CC=C1. The van der Waals surface area contributed by atoms with E-state index in [9.17, 15) is 0 Å². The van der Waals surface area contributed by atoms with E-state index < -0.39 is 8.80 Å². The number of hydrogen-bond acceptors (Lipinski definition) is 1. The summed E-state index contributed by atoms with van der Waals surface area (Å²) in [5.74, 6) is 1.05. The standard InChI is InChI=1S/C15H19OSi/c1-15(2,3)12-16-13-8-4-5-9-14(13)17-10-6-7-11-17/h4-11H,12H2,1-3H3. The Morgan fingerprint density at radius 3 is 2.35 bits per heavy atom. The molecule has 1 heterocycles. The van der Waals surface area contributed by atoms with Gasteiger partial charge in [0, 0.05) is 0 Å². The van der Waals surface area contributed by atoms with Crippen molar-refractivity contribution in [1.82, 2.24) is 0 Å². The molecule has 0 amide bonds. The molecule has 0 aromatic heterocycles. The zero-order valence-electron chi connectivity index (χ0n) is 10.7. The zero-order valence-corrected chi connectivity index (χ0v) is 11.7. The zero-order chi connectivity index (χ0) is 12.3. The molecule has 89 valence electrons. The Hall–Kier alpha value is -1.28. The highest BCUT2D eigenvalue weighted by Gasteiger charge is 2.17. The van der Waals surface area contributed by atoms with E-state index in [4.69, 9.17) is 4.74 Å². The predicted octanol–water partition coefficient (Wildman–Crippen LogP) is 3.02. The van der Waals surface area contributed by atoms with Crippen molar-refractivity contribution in [2.24, 2.45) is 5.41 Å². The van der Waals surface area contributed by atoms with Gasteiger partial charge in [-0.15, -0.1) is 0 Å². The van der Waals surface area contributed by atoms with Crippen molar-refractivity contribution in [2.45, 2.75) is 20.8 Å². The van der Waals surface area contributed by atoms with Gasteiger partial charge in [-0.25, -0.2) is 0 Å². The topological polar surface area (TPSA) is 9.23 Å². The van der Waals surface area contributed by atoms with Crippen LogP contribution in [0, 0.1) is 5.41 Å². The lowest BCUT2D eigenvalue weighted by Crippen LogP contribution is -2.28. The van der Waals surface area contributed by atoms with E-state index in [1.807, 2.05) is 6.07 Å². The molecule has 0 fully saturated rings. The van der Waals surface area contributed by atoms with Crippen molar-refractivity contribution in [3.8, 4) is 5.75 Å². The van der Waals surface area contributed by atoms with E-state index in [0.717, 1.165) is 12.4 Å². The van der Waals surface area contributed by atoms with Gasteiger partial charge in [0.1, 0.15) is 14.5 Å². The van der Waals surface area contributed by atoms with Gasteiger partial charge in [-0.2, -0.15) is 0 Å². The van der Waals surface area contributed by atoms with Crippen molar-refractivity contribution in [1.29, 1.82) is 0 Å². The van der Waals surface area contributed by atoms with Crippen molar-refractivity contribution < 1.29 is 4.74 Å². The molecule has 1 aromatic carbocycles. The third-order valence-electron chi connectivity index (χ3n) is 2.52. The number of rotatable bonds is 3. The minimum atomic E-state index is -0.672. The van der Waals surface area contributed by atoms with Gasteiger partial charge in [0.25, 0.3) is 0 Å². The van der Waals surface area contributed by atoms with E-state index in [-0.39, 0.29) is 5.41 Å². The molecule has 0 aliphatic carbocycles. The fourth-order valence-electron chi connectivity index (χ4n) is 1.68. The molecule has 0 saturated heterocycles. The van der Waals surface area contributed by atoms with E-state index >= 15 is 0 Å². The number of allylic oxidation sites excluding steroid dienone is 2. The first-order valence-electron chi connectivity index (χ1n) is 6.00. The van der Waals surface area contributed by atoms with E-state index in [1.165, 1.54) is 5.19 Å². The summed E-state index contributed by atoms with van der Waals surface area (Å²) in [4.78, 5) is 0. The molecule has 1 nitrogen and oxygen atoms in total. The van der Waals surface area contributed by atoms with Gasteiger partial charge in [-0.3, -0.25) is 0 Å². The van der Waals surface area contributed by atoms with Crippen LogP contribution >= 0.6 is 0 Å². The van der Waals surface area contributed by atoms with Crippen LogP contribution in [-0.4, -0.2) is 15.4 Å². The summed E-state index contributed by atoms with van der Waals surface area (Å²) in [6.45, 7) is 7.34. The first-order valence-corrected chi connectivity index (χ1v) is 7.66. The lowest BCUT2D eigenvalue weighted by Gasteiger charge is -2.21. The smallest absolute Gasteiger partial charge is 0.144 e. The molecule has 1 aliphatic rings. The third-order valence-corrected chi connectivity index (χ3v) is 4.66. The van der Waals surface area contributed by atoms with Crippen LogP contribution in [0.25, 0.3) is 0 Å². The maximum Gasteiger partial charge on any atom is 0.144 e. The molecule has 0 unspecified atom stereocenters. The van der Waals surface area contributed by atoms with Crippen molar-refractivity contribution in [3.63, 3.8) is 0 Å². The molecular formula is C15H19OSi. The highest BCUT2D eigenvalue weighted by Crippen LogP contribution is 2.17. The quantitative estimate of drug-likeness (QED) is 0.742. The maximum atomic E-state index is 5.97. The van der Waals surface area contributed by atoms with Crippen molar-refractivity contribution in [3.05, 3.63) is 47.8 Å². The summed E-state index contributed by atoms with van der Waals surface area (Å²) in [6, 6.07) is 8.41. The molecule has 0 spiro atoms. The Kier molecular flexibility index (Phi) is 3.53. The average molecular weight is 243 g/mol. The molecule has 0 saturated carbocycles. The molecule has 17 heavy (non-hydrogen) atoms. The number of para-hydroxylation sites is 1. The van der Waals surface area contributed by atoms with Gasteiger partial charge in [-0.1, -0.05) is 62.5 Å². The number of ether oxygens (including phenoxy) is 1. The molecule has 2 heteroatoms. The van der Waals surface area contributed by atoms with Crippen LogP contribution in [0.15, 0.2) is 47.8 Å². The van der Waals surface area contributed by atoms with Gasteiger partial charge in [0.15, 0.2) is 0 Å². The Balaban J connectivity index is 2.16. The van der Waals surface area contributed by atoms with Crippen molar-refractivity contribution in [2.75, 3.05) is 6.61 Å². The highest BCUT2D eigenvalue weighted by atomic mass is 28.3. The molecule has 2 rings (SSSR count). The molecular weight excluding hydrogens is 224 g/mol. The second kappa shape index (κ2) is 4.92. The summed E-state index contributed by atoms with van der Waals surface area (Å²) >= 11 is 0. The monoisotopic (exact) mass is 243 g/mol. The molecule has 0 atom stereocenters. The van der Waals surface area contributed by atoms with Crippen LogP contribution < -0.4 is 9.92 Å². The predicted molar refractivity (Wildman–Crippen MR) is 75.1 cm³/mol. The van der Waals surface area contributed by atoms with Gasteiger partial charge in [0.05, 0.1) is 6.61 Å². The molecule has 0 bridgehead atoms. The Morgan fingerprint density at radius 2 is 1.71 bits per heavy atom. The second-order valence-electron chi connectivity index (χ2n) is 5.52. The van der Waals surface area contributed by atoms with Gasteiger partial charge in [-0.05, 0) is 16.7 Å². The Bertz CT molecular complexity index is 428. The van der Waals surface area contributed by atoms with Gasteiger partial charge < -0.3 is 4.74 Å². The van der Waals surface area contributed by atoms with Crippen LogP contribution in [0.3, 0.4) is 0 Å². The minimum absolute atomic E-state index is 0.200. The largest absolute Gasteiger partial charge is 0.493 e. The van der Waals surface area contributed by atoms with E-state index in [1.54, 1.807) is 0 Å². The van der Waals surface area contributed by atoms with Gasteiger partial charge in [0.2, 0.25) is 0 Å². The first kappa shape index (κ1) is 12.2. The summed E-state index contributed by atoms with van der Waals surface area (Å²) in [5.41, 5.74) is 4.79. The Labute approximate surface area is 105 Å². The normalized spacial score (nSPS) is 15.5. The Morgan fingerprint density at radius 1 is 1.06 bits per heavy atom. The summed E-state index contributed by atoms with van der Waals surface area (Å²) < 4.78 is 5.97. The second-order valence-corrected chi connectivity index (χ2v) is 7.64. The van der Waals surface area contributed by atoms with Crippen LogP contribution in [0.1, 0.15) is 20.8 Å². The van der Waals surface area contributed by atoms with Gasteiger partial charge >= 0.3 is 0 Å². The van der Waals surface area contributed by atoms with Crippen molar-refractivity contribution >= 4 is 14.0 Å². The molecule has 0 N–H and O–H groups in total. The fourth-order valence-corrected chi connectivity index (χ4v) is 3.51. The third kappa shape index (κ3) is 3.33. The summed E-state index contributed by atoms with van der Waals surface area (Å²) in [6.07, 6.45) is 4.27. The average Bonchev–Trinajstić information content (AvgIpc) is 2.79. The summed E-state index contributed by atoms with van der Waals surface area (Å²) in [7, 11) is -0.672. The maximum absolute atomic E-state index is 5.97. The van der Waals surface area contributed by atoms with Crippen LogP contribution in [0.2, 0.25) is 0 Å². The van der Waals surface area contributed by atoms with E-state index in [2.05, 4.69) is 62.5 Å². The minimum Gasteiger partial charge on any atom is -0.493 e. The fraction of sp³-hybridized carbons (Fsp3) is 0.333. The lowest BCUT2D eigenvalue weighted by molar-refractivity contribution is 0.199. The number of benzene rings is 1. The summed E-state index contributed by atoms with van der Waals surface area (Å²) in [5, 5.41) is 1.35. The highest BCUT2D eigenvalue weighted by molar-refractivity contribution is 6.83. The lowest BCUT2D eigenvalue weighted by atomic mass is 9.99. The molecule has 1 radical (unpaired) electrons. The van der Waals surface area contributed by atoms with E-state index in [0.29, 0.717) is 0 Å². The van der Waals surface area contributed by atoms with Crippen LogP contribution in [0.4, 0.5) is 0 Å². The number of hydrogen-bond donors (Lipinski definition) is 0. The molecule has 1 aliphatic heterocycles.